The minimum atomic E-state index is -4.38. The summed E-state index contributed by atoms with van der Waals surface area (Å²) in [5, 5.41) is 0. The van der Waals surface area contributed by atoms with E-state index >= 15 is 0 Å². The van der Waals surface area contributed by atoms with Crippen molar-refractivity contribution < 1.29 is 37.6 Å². The Balaban J connectivity index is 4.05. The minimum absolute atomic E-state index is 0.0557. The Bertz CT molecular complexity index is 948. The summed E-state index contributed by atoms with van der Waals surface area (Å²) in [5.41, 5.74) is 5.36. The molecule has 0 aliphatic heterocycles. The molecule has 0 saturated carbocycles. The lowest BCUT2D eigenvalue weighted by Crippen LogP contribution is -2.29. The van der Waals surface area contributed by atoms with E-state index in [0.717, 1.165) is 44.9 Å². The molecule has 9 nitrogen and oxygen atoms in total. The fourth-order valence-corrected chi connectivity index (χ4v) is 7.81. The Hall–Kier alpha value is -1.25. The van der Waals surface area contributed by atoms with E-state index in [1.165, 1.54) is 167 Å². The third-order valence-electron chi connectivity index (χ3n) is 10.7. The average Bonchev–Trinajstić information content (AvgIpc) is 3.20. The first-order valence-electron chi connectivity index (χ1n) is 24.2. The Morgan fingerprint density at radius 3 is 1.25 bits per heavy atom. The summed E-state index contributed by atoms with van der Waals surface area (Å²) in [4.78, 5) is 35.0. The first kappa shape index (κ1) is 55.8. The van der Waals surface area contributed by atoms with Gasteiger partial charge in [-0.3, -0.25) is 18.6 Å². The second kappa shape index (κ2) is 44.3. The number of hydrogen-bond acceptors (Lipinski definition) is 8. The Kier molecular flexibility index (Phi) is 43.3. The van der Waals surface area contributed by atoms with Crippen LogP contribution in [0.5, 0.6) is 0 Å². The number of nitrogens with two attached hydrogens (primary N) is 1. The molecule has 1 unspecified atom stereocenters. The fraction of sp³-hybridized carbons (Fsp3) is 0.915. The summed E-state index contributed by atoms with van der Waals surface area (Å²) < 4.78 is 32.9. The molecule has 0 rings (SSSR count). The molecular weight excluding hydrogens is 737 g/mol. The first-order chi connectivity index (χ1) is 27.8. The number of carbonyl (C=O) groups is 2. The van der Waals surface area contributed by atoms with Gasteiger partial charge in [0, 0.05) is 19.4 Å². The van der Waals surface area contributed by atoms with Crippen molar-refractivity contribution in [3.63, 3.8) is 0 Å². The van der Waals surface area contributed by atoms with Crippen molar-refractivity contribution in [2.75, 3.05) is 26.4 Å². The smallest absolute Gasteiger partial charge is 0.462 e. The molecule has 0 radical (unpaired) electrons. The first-order valence-corrected chi connectivity index (χ1v) is 25.7. The zero-order valence-corrected chi connectivity index (χ0v) is 38.2. The maximum Gasteiger partial charge on any atom is 0.472 e. The maximum atomic E-state index is 12.6. The molecule has 0 aliphatic rings. The van der Waals surface area contributed by atoms with Gasteiger partial charge in [-0.2, -0.15) is 0 Å². The molecular formula is C47H92NO8P. The van der Waals surface area contributed by atoms with E-state index in [1.807, 2.05) is 0 Å². The van der Waals surface area contributed by atoms with E-state index in [9.17, 15) is 19.0 Å². The van der Waals surface area contributed by atoms with Crippen molar-refractivity contribution in [3.05, 3.63) is 12.2 Å². The topological polar surface area (TPSA) is 134 Å². The molecule has 338 valence electrons. The summed E-state index contributed by atoms with van der Waals surface area (Å²) in [6.45, 7) is 3.77. The average molecular weight is 830 g/mol. The number of phosphoric acid groups is 1. The normalized spacial score (nSPS) is 13.3. The molecule has 57 heavy (non-hydrogen) atoms. The summed E-state index contributed by atoms with van der Waals surface area (Å²) in [6.07, 6.45) is 46.7. The van der Waals surface area contributed by atoms with Crippen LogP contribution in [-0.4, -0.2) is 49.3 Å². The molecule has 0 heterocycles. The van der Waals surface area contributed by atoms with Crippen LogP contribution in [-0.2, 0) is 32.7 Å². The predicted octanol–water partition coefficient (Wildman–Crippen LogP) is 14.2. The highest BCUT2D eigenvalue weighted by molar-refractivity contribution is 7.47. The lowest BCUT2D eigenvalue weighted by Gasteiger charge is -2.19. The largest absolute Gasteiger partial charge is 0.472 e. The quantitative estimate of drug-likeness (QED) is 0.0266. The molecule has 10 heteroatoms. The van der Waals surface area contributed by atoms with Crippen LogP contribution in [0.1, 0.15) is 245 Å². The van der Waals surface area contributed by atoms with Crippen molar-refractivity contribution in [2.45, 2.75) is 251 Å². The number of carbonyl (C=O) groups excluding carboxylic acids is 2. The number of esters is 2. The second-order valence-corrected chi connectivity index (χ2v) is 17.8. The van der Waals surface area contributed by atoms with Crippen LogP contribution in [0.2, 0.25) is 0 Å². The van der Waals surface area contributed by atoms with Gasteiger partial charge >= 0.3 is 19.8 Å². The number of allylic oxidation sites excluding steroid dienone is 2. The standard InChI is InChI=1S/C47H92NO8P/c1-3-5-7-9-11-13-15-17-19-21-22-24-25-27-29-31-33-35-37-39-46(49)53-43-45(44-55-57(51,52)54-42-41-48)56-47(50)40-38-36-34-32-30-28-26-23-20-18-16-14-12-10-8-6-4-2/h18,20,45H,3-17,19,21-44,48H2,1-2H3,(H,51,52)/t45-/m1/s1. The maximum absolute atomic E-state index is 12.6. The molecule has 0 fully saturated rings. The highest BCUT2D eigenvalue weighted by Crippen LogP contribution is 2.43. The van der Waals surface area contributed by atoms with Crippen molar-refractivity contribution in [2.24, 2.45) is 5.73 Å². The van der Waals surface area contributed by atoms with Gasteiger partial charge in [-0.1, -0.05) is 206 Å². The number of unbranched alkanes of at least 4 members (excludes halogenated alkanes) is 31. The highest BCUT2D eigenvalue weighted by atomic mass is 31.2. The Labute approximate surface area is 351 Å². The van der Waals surface area contributed by atoms with Crippen LogP contribution in [0, 0.1) is 0 Å². The van der Waals surface area contributed by atoms with Gasteiger partial charge < -0.3 is 20.1 Å². The van der Waals surface area contributed by atoms with Crippen LogP contribution < -0.4 is 5.73 Å². The third-order valence-corrected chi connectivity index (χ3v) is 11.6. The number of rotatable bonds is 46. The van der Waals surface area contributed by atoms with E-state index < -0.39 is 26.5 Å². The number of ether oxygens (including phenoxy) is 2. The second-order valence-electron chi connectivity index (χ2n) is 16.3. The van der Waals surface area contributed by atoms with Crippen LogP contribution in [0.3, 0.4) is 0 Å². The van der Waals surface area contributed by atoms with E-state index in [-0.39, 0.29) is 38.6 Å². The molecule has 0 aromatic carbocycles. The molecule has 2 atom stereocenters. The van der Waals surface area contributed by atoms with Gasteiger partial charge in [0.25, 0.3) is 0 Å². The van der Waals surface area contributed by atoms with Gasteiger partial charge in [0.1, 0.15) is 6.61 Å². The van der Waals surface area contributed by atoms with E-state index in [4.69, 9.17) is 24.3 Å². The summed E-state index contributed by atoms with van der Waals surface area (Å²) in [6, 6.07) is 0. The molecule has 0 aromatic rings. The Morgan fingerprint density at radius 2 is 0.860 bits per heavy atom. The Morgan fingerprint density at radius 1 is 0.509 bits per heavy atom. The van der Waals surface area contributed by atoms with Crippen LogP contribution >= 0.6 is 7.82 Å². The van der Waals surface area contributed by atoms with Gasteiger partial charge in [-0.05, 0) is 38.5 Å². The monoisotopic (exact) mass is 830 g/mol. The molecule has 3 N–H and O–H groups in total. The fourth-order valence-electron chi connectivity index (χ4n) is 7.04. The van der Waals surface area contributed by atoms with Crippen LogP contribution in [0.25, 0.3) is 0 Å². The zero-order valence-electron chi connectivity index (χ0n) is 37.3. The molecule has 0 aromatic heterocycles. The lowest BCUT2D eigenvalue weighted by atomic mass is 10.0. The van der Waals surface area contributed by atoms with Gasteiger partial charge in [-0.25, -0.2) is 4.57 Å². The van der Waals surface area contributed by atoms with Gasteiger partial charge in [0.2, 0.25) is 0 Å². The molecule has 0 aliphatic carbocycles. The summed E-state index contributed by atoms with van der Waals surface area (Å²) in [7, 11) is -4.38. The number of phosphoric ester groups is 1. The summed E-state index contributed by atoms with van der Waals surface area (Å²) in [5.74, 6) is -0.819. The number of hydrogen-bond donors (Lipinski definition) is 2. The zero-order chi connectivity index (χ0) is 41.8. The van der Waals surface area contributed by atoms with Crippen molar-refractivity contribution in [1.82, 2.24) is 0 Å². The lowest BCUT2D eigenvalue weighted by molar-refractivity contribution is -0.161. The van der Waals surface area contributed by atoms with Gasteiger partial charge in [0.05, 0.1) is 13.2 Å². The SMILES string of the molecule is CCCCCCCCC=CCCCCCCCCCC(=O)O[C@H](COC(=O)CCCCCCCCCCCCCCCCCCCCC)COP(=O)(O)OCCN. The van der Waals surface area contributed by atoms with Crippen LogP contribution in [0.4, 0.5) is 0 Å². The summed E-state index contributed by atoms with van der Waals surface area (Å²) >= 11 is 0. The predicted molar refractivity (Wildman–Crippen MR) is 238 cm³/mol. The third kappa shape index (κ3) is 44.1. The highest BCUT2D eigenvalue weighted by Gasteiger charge is 2.26. The molecule has 0 spiro atoms. The van der Waals surface area contributed by atoms with Crippen molar-refractivity contribution in [1.29, 1.82) is 0 Å². The molecule has 0 bridgehead atoms. The minimum Gasteiger partial charge on any atom is -0.462 e. The molecule has 0 saturated heterocycles. The van der Waals surface area contributed by atoms with Gasteiger partial charge in [-0.15, -0.1) is 0 Å². The van der Waals surface area contributed by atoms with Gasteiger partial charge in [0.15, 0.2) is 6.10 Å². The molecule has 0 amide bonds. The van der Waals surface area contributed by atoms with Crippen molar-refractivity contribution in [3.8, 4) is 0 Å². The van der Waals surface area contributed by atoms with E-state index in [2.05, 4.69) is 26.0 Å². The van der Waals surface area contributed by atoms with E-state index in [0.29, 0.717) is 6.42 Å². The van der Waals surface area contributed by atoms with E-state index in [1.54, 1.807) is 0 Å². The van der Waals surface area contributed by atoms with Crippen molar-refractivity contribution >= 4 is 19.8 Å². The van der Waals surface area contributed by atoms with Crippen LogP contribution in [0.15, 0.2) is 12.2 Å².